The molecule has 1 aromatic heterocycles. The van der Waals surface area contributed by atoms with Crippen LogP contribution in [0.15, 0.2) is 34.6 Å². The molecule has 1 saturated heterocycles. The number of rotatable bonds is 8. The Bertz CT molecular complexity index is 820. The van der Waals surface area contributed by atoms with E-state index in [0.29, 0.717) is 12.5 Å². The van der Waals surface area contributed by atoms with E-state index in [9.17, 15) is 0 Å². The molecule has 8 heteroatoms. The molecule has 0 spiro atoms. The number of para-hydroxylation sites is 1. The van der Waals surface area contributed by atoms with Crippen LogP contribution in [-0.2, 0) is 6.54 Å². The van der Waals surface area contributed by atoms with Crippen LogP contribution in [0.5, 0.6) is 5.75 Å². The number of hydrogen-bond acceptors (Lipinski definition) is 5. The number of nitrogens with one attached hydrogen (secondary N) is 2. The summed E-state index contributed by atoms with van der Waals surface area (Å²) < 4.78 is 5.67. The molecular formula is C23H36IN5OS. The molecule has 0 bridgehead atoms. The van der Waals surface area contributed by atoms with Crippen molar-refractivity contribution in [3.8, 4) is 5.75 Å². The Labute approximate surface area is 207 Å². The van der Waals surface area contributed by atoms with Gasteiger partial charge in [0, 0.05) is 24.5 Å². The lowest BCUT2D eigenvalue weighted by Crippen LogP contribution is -2.44. The summed E-state index contributed by atoms with van der Waals surface area (Å²) in [6.45, 7) is 8.03. The zero-order chi connectivity index (χ0) is 21.3. The molecule has 0 aliphatic carbocycles. The first-order valence-corrected chi connectivity index (χ1v) is 11.8. The van der Waals surface area contributed by atoms with Crippen molar-refractivity contribution in [1.29, 1.82) is 0 Å². The van der Waals surface area contributed by atoms with Gasteiger partial charge in [-0.25, -0.2) is 4.98 Å². The Kier molecular flexibility index (Phi) is 11.0. The van der Waals surface area contributed by atoms with Gasteiger partial charge in [-0.1, -0.05) is 38.5 Å². The van der Waals surface area contributed by atoms with Gasteiger partial charge < -0.3 is 15.4 Å². The maximum absolute atomic E-state index is 5.67. The molecule has 31 heavy (non-hydrogen) atoms. The molecule has 1 aliphatic rings. The van der Waals surface area contributed by atoms with Crippen molar-refractivity contribution in [2.75, 3.05) is 33.8 Å². The molecule has 1 atom stereocenters. The van der Waals surface area contributed by atoms with Crippen molar-refractivity contribution in [1.82, 2.24) is 20.5 Å². The number of halogens is 1. The summed E-state index contributed by atoms with van der Waals surface area (Å²) in [7, 11) is 3.56. The van der Waals surface area contributed by atoms with Gasteiger partial charge >= 0.3 is 0 Å². The number of thiazole rings is 1. The Balaban J connectivity index is 0.00000341. The lowest BCUT2D eigenvalue weighted by molar-refractivity contribution is 0.161. The minimum Gasteiger partial charge on any atom is -0.496 e. The monoisotopic (exact) mass is 557 g/mol. The molecule has 172 valence electrons. The molecule has 0 radical (unpaired) electrons. The van der Waals surface area contributed by atoms with Gasteiger partial charge in [-0.05, 0) is 37.9 Å². The highest BCUT2D eigenvalue weighted by molar-refractivity contribution is 14.0. The third-order valence-electron chi connectivity index (χ3n) is 5.58. The highest BCUT2D eigenvalue weighted by atomic mass is 127. The molecule has 1 aliphatic heterocycles. The van der Waals surface area contributed by atoms with Crippen molar-refractivity contribution in [2.24, 2.45) is 4.99 Å². The van der Waals surface area contributed by atoms with Crippen molar-refractivity contribution in [3.05, 3.63) is 45.9 Å². The smallest absolute Gasteiger partial charge is 0.191 e. The molecule has 2 N–H and O–H groups in total. The van der Waals surface area contributed by atoms with Crippen LogP contribution in [0, 0.1) is 0 Å². The quantitative estimate of drug-likeness (QED) is 0.278. The first kappa shape index (κ1) is 25.9. The third-order valence-corrected chi connectivity index (χ3v) is 6.45. The second-order valence-electron chi connectivity index (χ2n) is 7.98. The van der Waals surface area contributed by atoms with Gasteiger partial charge in [0.2, 0.25) is 0 Å². The molecule has 0 saturated carbocycles. The van der Waals surface area contributed by atoms with Crippen LogP contribution in [0.3, 0.4) is 0 Å². The molecule has 1 aromatic carbocycles. The van der Waals surface area contributed by atoms with Crippen LogP contribution >= 0.6 is 35.3 Å². The number of ether oxygens (including phenoxy) is 1. The molecule has 0 amide bonds. The maximum Gasteiger partial charge on any atom is 0.191 e. The fourth-order valence-electron chi connectivity index (χ4n) is 3.85. The second-order valence-corrected chi connectivity index (χ2v) is 8.92. The van der Waals surface area contributed by atoms with Crippen LogP contribution in [0.1, 0.15) is 61.3 Å². The van der Waals surface area contributed by atoms with E-state index in [2.05, 4.69) is 51.9 Å². The van der Waals surface area contributed by atoms with Crippen molar-refractivity contribution < 1.29 is 4.74 Å². The van der Waals surface area contributed by atoms with E-state index < -0.39 is 0 Å². The highest BCUT2D eigenvalue weighted by Crippen LogP contribution is 2.30. The molecule has 2 aromatic rings. The maximum atomic E-state index is 5.67. The summed E-state index contributed by atoms with van der Waals surface area (Å²) in [6.07, 6.45) is 3.82. The van der Waals surface area contributed by atoms with E-state index in [1.54, 1.807) is 18.4 Å². The summed E-state index contributed by atoms with van der Waals surface area (Å²) in [5.41, 5.74) is 2.38. The van der Waals surface area contributed by atoms with Gasteiger partial charge in [-0.3, -0.25) is 9.89 Å². The van der Waals surface area contributed by atoms with E-state index in [1.807, 2.05) is 19.2 Å². The molecule has 2 heterocycles. The number of benzene rings is 1. The number of likely N-dealkylation sites (tertiary alicyclic amines) is 1. The third kappa shape index (κ3) is 7.32. The molecule has 1 fully saturated rings. The molecule has 3 rings (SSSR count). The molecule has 6 nitrogen and oxygen atoms in total. The van der Waals surface area contributed by atoms with E-state index in [4.69, 9.17) is 9.72 Å². The summed E-state index contributed by atoms with van der Waals surface area (Å²) in [4.78, 5) is 11.7. The van der Waals surface area contributed by atoms with Gasteiger partial charge in [0.05, 0.1) is 25.4 Å². The predicted octanol–water partition coefficient (Wildman–Crippen LogP) is 4.79. The summed E-state index contributed by atoms with van der Waals surface area (Å²) >= 11 is 1.70. The highest BCUT2D eigenvalue weighted by Gasteiger charge is 2.25. The number of aliphatic imine (C=N–C) groups is 1. The number of aromatic nitrogens is 1. The second kappa shape index (κ2) is 13.2. The summed E-state index contributed by atoms with van der Waals surface area (Å²) in [5.74, 6) is 2.20. The van der Waals surface area contributed by atoms with Crippen LogP contribution in [-0.4, -0.2) is 49.6 Å². The zero-order valence-corrected chi connectivity index (χ0v) is 22.2. The number of nitrogens with zero attached hydrogens (tertiary/aromatic N) is 3. The number of guanidine groups is 1. The average Bonchev–Trinajstić information content (AvgIpc) is 3.26. The topological polar surface area (TPSA) is 61.8 Å². The number of piperidine rings is 1. The fourth-order valence-corrected chi connectivity index (χ4v) is 4.75. The SMILES string of the molecule is CN=C(NCc1nc(C(C)C)cs1)NCC(c1ccccc1OC)N1CCCCC1.I. The largest absolute Gasteiger partial charge is 0.496 e. The van der Waals surface area contributed by atoms with Crippen LogP contribution in [0.4, 0.5) is 0 Å². The molecule has 1 unspecified atom stereocenters. The predicted molar refractivity (Wildman–Crippen MR) is 141 cm³/mol. The minimum atomic E-state index is 0. The van der Waals surface area contributed by atoms with Gasteiger partial charge in [0.15, 0.2) is 5.96 Å². The van der Waals surface area contributed by atoms with Crippen LogP contribution < -0.4 is 15.4 Å². The van der Waals surface area contributed by atoms with Gasteiger partial charge in [-0.15, -0.1) is 35.3 Å². The van der Waals surface area contributed by atoms with Crippen LogP contribution in [0.25, 0.3) is 0 Å². The minimum absolute atomic E-state index is 0. The van der Waals surface area contributed by atoms with E-state index >= 15 is 0 Å². The first-order valence-electron chi connectivity index (χ1n) is 10.9. The van der Waals surface area contributed by atoms with E-state index in [1.165, 1.54) is 24.8 Å². The Morgan fingerprint density at radius 1 is 1.19 bits per heavy atom. The Morgan fingerprint density at radius 3 is 2.58 bits per heavy atom. The average molecular weight is 558 g/mol. The lowest BCUT2D eigenvalue weighted by atomic mass is 10.0. The van der Waals surface area contributed by atoms with Crippen molar-refractivity contribution in [2.45, 2.75) is 51.6 Å². The lowest BCUT2D eigenvalue weighted by Gasteiger charge is -2.35. The fraction of sp³-hybridized carbons (Fsp3) is 0.565. The number of methoxy groups -OCH3 is 1. The number of hydrogen-bond donors (Lipinski definition) is 2. The van der Waals surface area contributed by atoms with E-state index in [0.717, 1.165) is 42.0 Å². The van der Waals surface area contributed by atoms with Gasteiger partial charge in [0.25, 0.3) is 0 Å². The van der Waals surface area contributed by atoms with E-state index in [-0.39, 0.29) is 30.0 Å². The Morgan fingerprint density at radius 2 is 1.94 bits per heavy atom. The first-order chi connectivity index (χ1) is 14.6. The standard InChI is InChI=1S/C23H35N5OS.HI/c1-17(2)19-16-30-22(27-19)15-26-23(24-3)25-14-20(28-12-8-5-9-13-28)18-10-6-7-11-21(18)29-4;/h6-7,10-11,16-17,20H,5,8-9,12-15H2,1-4H3,(H2,24,25,26);1H. The summed E-state index contributed by atoms with van der Waals surface area (Å²) in [5, 5.41) is 10.2. The van der Waals surface area contributed by atoms with Gasteiger partial charge in [0.1, 0.15) is 10.8 Å². The van der Waals surface area contributed by atoms with Crippen molar-refractivity contribution >= 4 is 41.3 Å². The normalized spacial score (nSPS) is 16.0. The Hall–Kier alpha value is -1.39. The van der Waals surface area contributed by atoms with Crippen molar-refractivity contribution in [3.63, 3.8) is 0 Å². The summed E-state index contributed by atoms with van der Waals surface area (Å²) in [6, 6.07) is 8.60. The molecular weight excluding hydrogens is 521 g/mol. The van der Waals surface area contributed by atoms with Gasteiger partial charge in [-0.2, -0.15) is 0 Å². The van der Waals surface area contributed by atoms with Crippen LogP contribution in [0.2, 0.25) is 0 Å². The zero-order valence-electron chi connectivity index (χ0n) is 19.1.